The van der Waals surface area contributed by atoms with Gasteiger partial charge in [0.1, 0.15) is 18.0 Å². The van der Waals surface area contributed by atoms with Crippen LogP contribution in [0.15, 0.2) is 49.1 Å². The summed E-state index contributed by atoms with van der Waals surface area (Å²) >= 11 is 5.84. The Bertz CT molecular complexity index is 1230. The van der Waals surface area contributed by atoms with Gasteiger partial charge in [0, 0.05) is 39.5 Å². The van der Waals surface area contributed by atoms with Crippen LogP contribution < -0.4 is 14.8 Å². The Balaban J connectivity index is 0.000000408. The minimum absolute atomic E-state index is 0. The molecule has 0 spiro atoms. The molecule has 2 aromatic carbocycles. The van der Waals surface area contributed by atoms with Crippen LogP contribution in [0.2, 0.25) is 5.02 Å². The number of nitrogens with zero attached hydrogens (tertiary/aromatic N) is 4. The van der Waals surface area contributed by atoms with E-state index in [0.717, 1.165) is 13.1 Å². The largest absolute Gasteiger partial charge is 0.694 e. The number of halogens is 2. The summed E-state index contributed by atoms with van der Waals surface area (Å²) in [4.78, 5) is 12.8. The Morgan fingerprint density at radius 1 is 1.11 bits per heavy atom. The second-order valence-electron chi connectivity index (χ2n) is 7.70. The van der Waals surface area contributed by atoms with Crippen molar-refractivity contribution in [1.82, 2.24) is 19.8 Å². The van der Waals surface area contributed by atoms with Crippen LogP contribution in [0.3, 0.4) is 0 Å². The van der Waals surface area contributed by atoms with E-state index in [1.807, 2.05) is 0 Å². The van der Waals surface area contributed by atoms with Crippen LogP contribution in [0.25, 0.3) is 10.9 Å². The van der Waals surface area contributed by atoms with Crippen molar-refractivity contribution in [2.24, 2.45) is 0 Å². The zero-order valence-corrected chi connectivity index (χ0v) is 23.8. The number of rotatable bonds is 9. The first kappa shape index (κ1) is 30.3. The number of hydrogen-bond acceptors (Lipinski definition) is 7. The van der Waals surface area contributed by atoms with E-state index in [0.29, 0.717) is 53.4 Å². The quantitative estimate of drug-likeness (QED) is 0.124. The predicted molar refractivity (Wildman–Crippen MR) is 141 cm³/mol. The van der Waals surface area contributed by atoms with Gasteiger partial charge in [-0.3, -0.25) is 0 Å². The van der Waals surface area contributed by atoms with Crippen molar-refractivity contribution in [1.29, 1.82) is 0 Å². The second-order valence-corrected chi connectivity index (χ2v) is 8.11. The van der Waals surface area contributed by atoms with Crippen molar-refractivity contribution in [3.05, 3.63) is 73.0 Å². The van der Waals surface area contributed by atoms with Gasteiger partial charge in [0.25, 0.3) is 0 Å². The standard InChI is InChI=1S/C20H16ClFN3O2.C7H13N2.Au/c1-3-4-5-8-27-19-10-14-17(11-18(19)26-2)23-12-24-20(14)25-13-6-7-16(22)15(21)9-13;1-3-8-5-6-9(4-2)7-8;/h6-7,9-12H,4-5,8H2,2H3,(H,23,24,25);5-7H,3-4H2,1-2H3;/q2*-1;. The molecule has 10 heteroatoms. The molecule has 4 rings (SSSR count). The summed E-state index contributed by atoms with van der Waals surface area (Å²) in [7, 11) is 1.56. The molecule has 2 heterocycles. The molecule has 0 amide bonds. The minimum Gasteiger partial charge on any atom is -0.694 e. The van der Waals surface area contributed by atoms with E-state index in [1.54, 1.807) is 25.3 Å². The van der Waals surface area contributed by atoms with E-state index in [9.17, 15) is 4.39 Å². The minimum atomic E-state index is -0.489. The van der Waals surface area contributed by atoms with Crippen LogP contribution in [0.5, 0.6) is 11.5 Å². The first-order chi connectivity index (χ1) is 17.5. The van der Waals surface area contributed by atoms with E-state index in [2.05, 4.69) is 63.9 Å². The van der Waals surface area contributed by atoms with Gasteiger partial charge >= 0.3 is 0 Å². The van der Waals surface area contributed by atoms with E-state index >= 15 is 0 Å². The summed E-state index contributed by atoms with van der Waals surface area (Å²) in [5, 5.41) is 3.86. The topological polar surface area (TPSA) is 62.8 Å². The Kier molecular flexibility index (Phi) is 12.5. The van der Waals surface area contributed by atoms with Gasteiger partial charge in [0.15, 0.2) is 11.5 Å². The second kappa shape index (κ2) is 15.3. The number of anilines is 2. The van der Waals surface area contributed by atoms with Gasteiger partial charge in [-0.15, -0.1) is 0 Å². The van der Waals surface area contributed by atoms with Crippen molar-refractivity contribution in [2.45, 2.75) is 26.7 Å². The van der Waals surface area contributed by atoms with Gasteiger partial charge in [-0.2, -0.15) is 6.67 Å². The van der Waals surface area contributed by atoms with Crippen LogP contribution in [-0.2, 0) is 22.4 Å². The van der Waals surface area contributed by atoms with Crippen molar-refractivity contribution in [3.63, 3.8) is 0 Å². The van der Waals surface area contributed by atoms with E-state index in [1.165, 1.54) is 18.5 Å². The fourth-order valence-electron chi connectivity index (χ4n) is 3.30. The summed E-state index contributed by atoms with van der Waals surface area (Å²) in [6, 6.07) is 7.89. The zero-order valence-electron chi connectivity index (χ0n) is 20.9. The number of fused-ring (bicyclic) bond motifs is 1. The molecule has 1 aromatic heterocycles. The summed E-state index contributed by atoms with van der Waals surface area (Å²) < 4.78 is 24.5. The monoisotopic (exact) mass is 706 g/mol. The fourth-order valence-corrected chi connectivity index (χ4v) is 3.48. The number of aromatic nitrogens is 2. The van der Waals surface area contributed by atoms with Crippen LogP contribution in [0.1, 0.15) is 26.7 Å². The molecule has 3 aromatic rings. The number of benzene rings is 2. The van der Waals surface area contributed by atoms with Crippen LogP contribution in [0, 0.1) is 24.8 Å². The first-order valence-electron chi connectivity index (χ1n) is 11.6. The van der Waals surface area contributed by atoms with E-state index in [-0.39, 0.29) is 27.4 Å². The number of hydrogen-bond donors (Lipinski definition) is 1. The number of unbranched alkanes of at least 4 members (excludes halogenated alkanes) is 1. The van der Waals surface area contributed by atoms with Crippen LogP contribution in [0.4, 0.5) is 15.9 Å². The molecule has 0 aliphatic carbocycles. The van der Waals surface area contributed by atoms with Gasteiger partial charge in [0.05, 0.1) is 24.3 Å². The Morgan fingerprint density at radius 2 is 1.84 bits per heavy atom. The van der Waals surface area contributed by atoms with E-state index < -0.39 is 5.82 Å². The molecular weight excluding hydrogens is 678 g/mol. The SMILES string of the molecule is CCN1C=CN(CC)[CH-]1.[Au].[C-]#CCCCOc1cc2c(Nc3ccc(F)c(Cl)c3)ncnc2cc1OC. The van der Waals surface area contributed by atoms with Crippen LogP contribution >= 0.6 is 11.6 Å². The maximum absolute atomic E-state index is 13.4. The summed E-state index contributed by atoms with van der Waals surface area (Å²) in [6.45, 7) is 8.94. The zero-order chi connectivity index (χ0) is 25.9. The maximum atomic E-state index is 13.4. The molecule has 0 unspecified atom stereocenters. The molecule has 37 heavy (non-hydrogen) atoms. The Morgan fingerprint density at radius 3 is 2.43 bits per heavy atom. The van der Waals surface area contributed by atoms with Gasteiger partial charge < -0.3 is 36.9 Å². The smallest absolute Gasteiger partial charge is 0.162 e. The van der Waals surface area contributed by atoms with E-state index in [4.69, 9.17) is 27.5 Å². The third-order valence-electron chi connectivity index (χ3n) is 5.28. The third-order valence-corrected chi connectivity index (χ3v) is 5.57. The van der Waals surface area contributed by atoms with Crippen LogP contribution in [-0.4, -0.2) is 46.6 Å². The average Bonchev–Trinajstić information content (AvgIpc) is 3.37. The van der Waals surface area contributed by atoms with Gasteiger partial charge in [-0.1, -0.05) is 25.4 Å². The number of methoxy groups -OCH3 is 1. The molecule has 0 bridgehead atoms. The fraction of sp³-hybridized carbons (Fsp3) is 0.296. The number of ether oxygens (including phenoxy) is 2. The normalized spacial score (nSPS) is 11.9. The Hall–Kier alpha value is -2.96. The Labute approximate surface area is 238 Å². The molecule has 0 saturated heterocycles. The van der Waals surface area contributed by atoms with Gasteiger partial charge in [0.2, 0.25) is 0 Å². The van der Waals surface area contributed by atoms with Gasteiger partial charge in [-0.25, -0.2) is 14.4 Å². The summed E-state index contributed by atoms with van der Waals surface area (Å²) in [5.74, 6) is 3.47. The molecule has 1 N–H and O–H groups in total. The predicted octanol–water partition coefficient (Wildman–Crippen LogP) is 6.16. The molecule has 0 saturated carbocycles. The molecule has 7 nitrogen and oxygen atoms in total. The average molecular weight is 707 g/mol. The molecule has 0 fully saturated rings. The molecule has 0 atom stereocenters. The molecule has 1 aliphatic heterocycles. The third kappa shape index (κ3) is 8.54. The summed E-state index contributed by atoms with van der Waals surface area (Å²) in [6.07, 6.45) is 13.7. The van der Waals surface area contributed by atoms with Crippen molar-refractivity contribution in [3.8, 4) is 17.4 Å². The molecular formula is C27H29AuClFN5O2-2. The maximum Gasteiger partial charge on any atom is 0.162 e. The van der Waals surface area contributed by atoms with Gasteiger partial charge in [-0.05, 0) is 62.6 Å². The van der Waals surface area contributed by atoms with Crippen molar-refractivity contribution >= 4 is 34.0 Å². The first-order valence-corrected chi connectivity index (χ1v) is 12.0. The van der Waals surface area contributed by atoms with Crippen molar-refractivity contribution in [2.75, 3.05) is 32.1 Å². The number of nitrogens with one attached hydrogen (secondary N) is 1. The molecule has 201 valence electrons. The molecule has 1 radical (unpaired) electrons. The van der Waals surface area contributed by atoms with Crippen molar-refractivity contribution < 1.29 is 36.2 Å². The molecule has 1 aliphatic rings. The summed E-state index contributed by atoms with van der Waals surface area (Å²) in [5.41, 5.74) is 1.26.